The highest BCUT2D eigenvalue weighted by Crippen LogP contribution is 2.37. The van der Waals surface area contributed by atoms with Gasteiger partial charge in [0.2, 0.25) is 11.4 Å². The van der Waals surface area contributed by atoms with Crippen LogP contribution in [0, 0.1) is 0 Å². The lowest BCUT2D eigenvalue weighted by Crippen LogP contribution is -2.22. The minimum absolute atomic E-state index is 0.394. The Labute approximate surface area is 243 Å². The monoisotopic (exact) mass is 535 g/mol. The summed E-state index contributed by atoms with van der Waals surface area (Å²) >= 11 is 0. The number of hydrogen-bond acceptors (Lipinski definition) is 0. The fourth-order valence-corrected chi connectivity index (χ4v) is 7.21. The van der Waals surface area contributed by atoms with Crippen LogP contribution < -0.4 is 5.35 Å². The third-order valence-electron chi connectivity index (χ3n) is 9.00. The van der Waals surface area contributed by atoms with Crippen LogP contribution in [0.3, 0.4) is 0 Å². The molecule has 204 valence electrons. The van der Waals surface area contributed by atoms with Crippen molar-refractivity contribution in [3.05, 3.63) is 119 Å². The van der Waals surface area contributed by atoms with E-state index in [1.165, 1.54) is 78.7 Å². The SMILES string of the molecule is CCCC(C)[N+]1=C(/C=C/C2=CC(=C/C=c3\c4cccc5cccc(c54)n3C(C)C)/CC2)c2cccc3cccc1c23. The van der Waals surface area contributed by atoms with Gasteiger partial charge in [0.1, 0.15) is 0 Å². The van der Waals surface area contributed by atoms with Gasteiger partial charge < -0.3 is 4.57 Å². The number of aromatic nitrogens is 1. The van der Waals surface area contributed by atoms with E-state index in [2.05, 4.69) is 140 Å². The molecule has 1 atom stereocenters. The Kier molecular flexibility index (Phi) is 6.50. The minimum Gasteiger partial charge on any atom is -0.338 e. The summed E-state index contributed by atoms with van der Waals surface area (Å²) in [5.41, 5.74) is 8.19. The van der Waals surface area contributed by atoms with E-state index in [1.54, 1.807) is 0 Å². The first-order valence-corrected chi connectivity index (χ1v) is 15.3. The zero-order valence-electron chi connectivity index (χ0n) is 24.7. The van der Waals surface area contributed by atoms with E-state index < -0.39 is 0 Å². The maximum absolute atomic E-state index is 2.58. The summed E-state index contributed by atoms with van der Waals surface area (Å²) < 4.78 is 5.07. The molecule has 0 N–H and O–H groups in total. The molecule has 1 aliphatic carbocycles. The molecule has 1 aromatic heterocycles. The van der Waals surface area contributed by atoms with Crippen molar-refractivity contribution in [2.24, 2.45) is 0 Å². The summed E-state index contributed by atoms with van der Waals surface area (Å²) in [5.74, 6) is 0. The van der Waals surface area contributed by atoms with Gasteiger partial charge in [-0.15, -0.1) is 0 Å². The first kappa shape index (κ1) is 25.8. The average Bonchev–Trinajstić information content (AvgIpc) is 3.66. The molecule has 2 heterocycles. The van der Waals surface area contributed by atoms with Crippen molar-refractivity contribution in [2.45, 2.75) is 65.5 Å². The Morgan fingerprint density at radius 3 is 2.32 bits per heavy atom. The van der Waals surface area contributed by atoms with E-state index in [9.17, 15) is 0 Å². The smallest absolute Gasteiger partial charge is 0.214 e. The second-order valence-electron chi connectivity index (χ2n) is 12.1. The number of hydrogen-bond donors (Lipinski definition) is 0. The molecule has 41 heavy (non-hydrogen) atoms. The fraction of sp³-hybridized carbons (Fsp3) is 0.256. The lowest BCUT2D eigenvalue weighted by molar-refractivity contribution is -0.476. The Morgan fingerprint density at radius 2 is 1.54 bits per heavy atom. The third kappa shape index (κ3) is 4.28. The molecule has 0 radical (unpaired) electrons. The second kappa shape index (κ2) is 10.3. The van der Waals surface area contributed by atoms with Gasteiger partial charge in [0.25, 0.3) is 0 Å². The zero-order valence-corrected chi connectivity index (χ0v) is 24.7. The van der Waals surface area contributed by atoms with E-state index in [4.69, 9.17) is 0 Å². The maximum atomic E-state index is 2.58. The molecule has 0 amide bonds. The standard InChI is InChI=1S/C39H39N2/c1-5-10-27(4)41-35(33-16-7-12-31-14-9-18-37(41)39(31)33)24-22-29-20-19-28(25-29)21-23-34-32-15-6-11-30-13-8-17-36(38(30)32)40(34)26(2)3/h6-9,11-18,21-27H,5,10,19-20H2,1-4H3/q+1. The molecular weight excluding hydrogens is 496 g/mol. The molecule has 0 spiro atoms. The first-order chi connectivity index (χ1) is 20.0. The molecule has 2 heteroatoms. The predicted molar refractivity (Wildman–Crippen MR) is 176 cm³/mol. The minimum atomic E-state index is 0.394. The Balaban J connectivity index is 1.26. The van der Waals surface area contributed by atoms with Crippen molar-refractivity contribution in [1.82, 2.24) is 4.57 Å². The van der Waals surface area contributed by atoms with Crippen LogP contribution in [0.1, 0.15) is 65.0 Å². The molecule has 0 saturated heterocycles. The molecular formula is C39H39N2+. The molecule has 0 saturated carbocycles. The predicted octanol–water partition coefficient (Wildman–Crippen LogP) is 9.57. The summed E-state index contributed by atoms with van der Waals surface area (Å²) in [4.78, 5) is 0. The molecule has 4 aromatic carbocycles. The maximum Gasteiger partial charge on any atom is 0.214 e. The van der Waals surface area contributed by atoms with Gasteiger partial charge in [0.15, 0.2) is 6.04 Å². The first-order valence-electron chi connectivity index (χ1n) is 15.3. The Morgan fingerprint density at radius 1 is 0.805 bits per heavy atom. The van der Waals surface area contributed by atoms with E-state index in [0.717, 1.165) is 12.8 Å². The highest BCUT2D eigenvalue weighted by Gasteiger charge is 2.33. The molecule has 1 aliphatic heterocycles. The van der Waals surface area contributed by atoms with Crippen molar-refractivity contribution in [3.8, 4) is 0 Å². The Bertz CT molecular complexity index is 1980. The quantitative estimate of drug-likeness (QED) is 0.183. The number of rotatable bonds is 7. The van der Waals surface area contributed by atoms with Crippen molar-refractivity contribution >= 4 is 49.9 Å². The van der Waals surface area contributed by atoms with Gasteiger partial charge in [-0.3, -0.25) is 0 Å². The lowest BCUT2D eigenvalue weighted by Gasteiger charge is -2.10. The van der Waals surface area contributed by atoms with Gasteiger partial charge in [0, 0.05) is 46.2 Å². The van der Waals surface area contributed by atoms with Crippen molar-refractivity contribution < 1.29 is 4.58 Å². The fourth-order valence-electron chi connectivity index (χ4n) is 7.21. The summed E-state index contributed by atoms with van der Waals surface area (Å²) in [7, 11) is 0. The van der Waals surface area contributed by atoms with E-state index >= 15 is 0 Å². The van der Waals surface area contributed by atoms with Crippen LogP contribution in [0.15, 0.2) is 108 Å². The summed E-state index contributed by atoms with van der Waals surface area (Å²) in [6.45, 7) is 9.23. The van der Waals surface area contributed by atoms with E-state index in [0.29, 0.717) is 12.1 Å². The van der Waals surface area contributed by atoms with Crippen molar-refractivity contribution in [2.75, 3.05) is 0 Å². The van der Waals surface area contributed by atoms with E-state index in [1.807, 2.05) is 0 Å². The van der Waals surface area contributed by atoms with E-state index in [-0.39, 0.29) is 0 Å². The summed E-state index contributed by atoms with van der Waals surface area (Å²) in [5, 5.41) is 8.08. The van der Waals surface area contributed by atoms with Crippen molar-refractivity contribution in [3.63, 3.8) is 0 Å². The third-order valence-corrected chi connectivity index (χ3v) is 9.00. The largest absolute Gasteiger partial charge is 0.338 e. The number of allylic oxidation sites excluding steroid dienone is 6. The highest BCUT2D eigenvalue weighted by molar-refractivity contribution is 6.19. The van der Waals surface area contributed by atoms with Gasteiger partial charge in [-0.25, -0.2) is 0 Å². The molecule has 2 nitrogen and oxygen atoms in total. The van der Waals surface area contributed by atoms with Crippen LogP contribution in [-0.2, 0) is 0 Å². The van der Waals surface area contributed by atoms with Gasteiger partial charge in [-0.05, 0) is 80.2 Å². The highest BCUT2D eigenvalue weighted by atomic mass is 15.1. The van der Waals surface area contributed by atoms with Crippen LogP contribution in [0.4, 0.5) is 5.69 Å². The second-order valence-corrected chi connectivity index (χ2v) is 12.1. The topological polar surface area (TPSA) is 7.94 Å². The molecule has 0 fully saturated rings. The van der Waals surface area contributed by atoms with Crippen LogP contribution in [0.25, 0.3) is 38.5 Å². The van der Waals surface area contributed by atoms with Crippen LogP contribution in [0.5, 0.6) is 0 Å². The molecule has 5 aromatic rings. The molecule has 1 unspecified atom stereocenters. The molecule has 2 aliphatic rings. The number of nitrogens with zero attached hydrogens (tertiary/aromatic N) is 2. The molecule has 0 bridgehead atoms. The number of benzene rings is 4. The molecule has 7 rings (SSSR count). The van der Waals surface area contributed by atoms with Gasteiger partial charge in [0.05, 0.1) is 10.9 Å². The van der Waals surface area contributed by atoms with Gasteiger partial charge in [-0.2, -0.15) is 4.58 Å². The zero-order chi connectivity index (χ0) is 28.1. The van der Waals surface area contributed by atoms with Crippen LogP contribution in [-0.4, -0.2) is 20.9 Å². The van der Waals surface area contributed by atoms with Crippen LogP contribution in [0.2, 0.25) is 0 Å². The summed E-state index contributed by atoms with van der Waals surface area (Å²) in [6.07, 6.45) is 16.4. The van der Waals surface area contributed by atoms with Crippen molar-refractivity contribution in [1.29, 1.82) is 0 Å². The van der Waals surface area contributed by atoms with Gasteiger partial charge >= 0.3 is 0 Å². The normalized spacial score (nSPS) is 17.5. The van der Waals surface area contributed by atoms with Gasteiger partial charge in [-0.1, -0.05) is 79.7 Å². The average molecular weight is 536 g/mol. The van der Waals surface area contributed by atoms with Crippen LogP contribution >= 0.6 is 0 Å². The lowest BCUT2D eigenvalue weighted by atomic mass is 10.0. The Hall–Kier alpha value is -4.17. The summed E-state index contributed by atoms with van der Waals surface area (Å²) in [6, 6.07) is 27.7.